The van der Waals surface area contributed by atoms with Gasteiger partial charge in [0.05, 0.1) is 6.04 Å². The molecule has 0 saturated carbocycles. The Morgan fingerprint density at radius 3 is 2.71 bits per heavy atom. The number of aromatic nitrogens is 1. The summed E-state index contributed by atoms with van der Waals surface area (Å²) >= 11 is 0. The van der Waals surface area contributed by atoms with Crippen molar-refractivity contribution in [3.63, 3.8) is 0 Å². The van der Waals surface area contributed by atoms with Crippen LogP contribution < -0.4 is 10.2 Å². The van der Waals surface area contributed by atoms with E-state index >= 15 is 0 Å². The first-order chi connectivity index (χ1) is 11.7. The van der Waals surface area contributed by atoms with Crippen LogP contribution in [0.1, 0.15) is 38.5 Å². The molecule has 1 unspecified atom stereocenters. The fourth-order valence-electron chi connectivity index (χ4n) is 3.92. The molecule has 0 radical (unpaired) electrons. The van der Waals surface area contributed by atoms with Crippen LogP contribution in [0.5, 0.6) is 0 Å². The van der Waals surface area contributed by atoms with Crippen LogP contribution in [0.3, 0.4) is 0 Å². The summed E-state index contributed by atoms with van der Waals surface area (Å²) in [6.45, 7) is 4.12. The van der Waals surface area contributed by atoms with E-state index in [-0.39, 0.29) is 11.9 Å². The van der Waals surface area contributed by atoms with Gasteiger partial charge in [0.15, 0.2) is 0 Å². The van der Waals surface area contributed by atoms with E-state index in [0.717, 1.165) is 51.4 Å². The summed E-state index contributed by atoms with van der Waals surface area (Å²) < 4.78 is 0. The average Bonchev–Trinajstić information content (AvgIpc) is 2.85. The van der Waals surface area contributed by atoms with Crippen molar-refractivity contribution in [1.29, 1.82) is 0 Å². The number of pyridine rings is 1. The Kier molecular flexibility index (Phi) is 6.07. The average molecular weight is 330 g/mol. The number of nitrogens with one attached hydrogen (secondary N) is 1. The molecule has 0 aliphatic carbocycles. The number of hydrogen-bond acceptors (Lipinski definition) is 4. The Hall–Kier alpha value is -1.62. The van der Waals surface area contributed by atoms with Gasteiger partial charge in [0, 0.05) is 37.7 Å². The Morgan fingerprint density at radius 2 is 1.96 bits per heavy atom. The van der Waals surface area contributed by atoms with Crippen molar-refractivity contribution in [3.8, 4) is 0 Å². The molecule has 3 heterocycles. The zero-order chi connectivity index (χ0) is 16.8. The van der Waals surface area contributed by atoms with Gasteiger partial charge in [-0.25, -0.2) is 0 Å². The number of rotatable bonds is 5. The van der Waals surface area contributed by atoms with E-state index in [2.05, 4.69) is 39.3 Å². The number of carbonyl (C=O) groups is 1. The molecule has 1 aromatic heterocycles. The first-order valence-electron chi connectivity index (χ1n) is 9.37. The van der Waals surface area contributed by atoms with Crippen molar-refractivity contribution in [2.75, 3.05) is 38.1 Å². The van der Waals surface area contributed by atoms with Crippen LogP contribution in [0, 0.1) is 5.92 Å². The normalized spacial score (nSPS) is 23.2. The fraction of sp³-hybridized carbons (Fsp3) is 0.684. The van der Waals surface area contributed by atoms with E-state index in [1.807, 2.05) is 12.4 Å². The topological polar surface area (TPSA) is 48.5 Å². The van der Waals surface area contributed by atoms with Crippen molar-refractivity contribution < 1.29 is 4.79 Å². The third kappa shape index (κ3) is 4.47. The summed E-state index contributed by atoms with van der Waals surface area (Å²) in [7, 11) is 2.11. The predicted octanol–water partition coefficient (Wildman–Crippen LogP) is 2.29. The first kappa shape index (κ1) is 17.2. The summed E-state index contributed by atoms with van der Waals surface area (Å²) in [6.07, 6.45) is 10.7. The molecule has 2 aliphatic rings. The highest BCUT2D eigenvalue weighted by molar-refractivity contribution is 5.81. The largest absolute Gasteiger partial charge is 0.371 e. The van der Waals surface area contributed by atoms with Crippen molar-refractivity contribution in [1.82, 2.24) is 15.2 Å². The molecule has 24 heavy (non-hydrogen) atoms. The van der Waals surface area contributed by atoms with Crippen LogP contribution in [0.15, 0.2) is 24.5 Å². The van der Waals surface area contributed by atoms with Gasteiger partial charge in [0.2, 0.25) is 5.91 Å². The standard InChI is InChI=1S/C19H30N4O/c1-22(18-4-2-3-10-21-19(18)24)13-7-16-8-14-23(15-9-16)17-5-11-20-12-6-17/h5-6,11-12,16,18H,2-4,7-10,13-15H2,1H3,(H,21,24). The quantitative estimate of drug-likeness (QED) is 0.900. The second-order valence-corrected chi connectivity index (χ2v) is 7.21. The zero-order valence-electron chi connectivity index (χ0n) is 14.8. The highest BCUT2D eigenvalue weighted by Gasteiger charge is 2.26. The molecule has 1 atom stereocenters. The molecule has 0 spiro atoms. The Bertz CT molecular complexity index is 513. The second kappa shape index (κ2) is 8.47. The zero-order valence-corrected chi connectivity index (χ0v) is 14.8. The monoisotopic (exact) mass is 330 g/mol. The van der Waals surface area contributed by atoms with Gasteiger partial charge >= 0.3 is 0 Å². The third-order valence-corrected chi connectivity index (χ3v) is 5.57. The molecule has 2 aliphatic heterocycles. The van der Waals surface area contributed by atoms with Gasteiger partial charge in [-0.1, -0.05) is 0 Å². The molecule has 5 nitrogen and oxygen atoms in total. The van der Waals surface area contributed by atoms with E-state index in [4.69, 9.17) is 0 Å². The van der Waals surface area contributed by atoms with Gasteiger partial charge in [-0.15, -0.1) is 0 Å². The van der Waals surface area contributed by atoms with Crippen molar-refractivity contribution in [3.05, 3.63) is 24.5 Å². The smallest absolute Gasteiger partial charge is 0.237 e. The number of hydrogen-bond donors (Lipinski definition) is 1. The van der Waals surface area contributed by atoms with Gasteiger partial charge in [-0.2, -0.15) is 0 Å². The number of carbonyl (C=O) groups excluding carboxylic acids is 1. The van der Waals surface area contributed by atoms with Crippen molar-refractivity contribution >= 4 is 11.6 Å². The van der Waals surface area contributed by atoms with Gasteiger partial charge in [0.25, 0.3) is 0 Å². The van der Waals surface area contributed by atoms with E-state index in [9.17, 15) is 4.79 Å². The van der Waals surface area contributed by atoms with Crippen molar-refractivity contribution in [2.45, 2.75) is 44.6 Å². The molecule has 2 saturated heterocycles. The van der Waals surface area contributed by atoms with Gasteiger partial charge in [-0.3, -0.25) is 14.7 Å². The predicted molar refractivity (Wildman–Crippen MR) is 97.1 cm³/mol. The van der Waals surface area contributed by atoms with Gasteiger partial charge in [-0.05, 0) is 70.2 Å². The van der Waals surface area contributed by atoms with E-state index in [1.54, 1.807) is 0 Å². The number of piperidine rings is 1. The van der Waals surface area contributed by atoms with Crippen LogP contribution in [0.4, 0.5) is 5.69 Å². The SMILES string of the molecule is CN(CCC1CCN(c2ccncc2)CC1)C1CCCCNC1=O. The van der Waals surface area contributed by atoms with E-state index < -0.39 is 0 Å². The number of anilines is 1. The van der Waals surface area contributed by atoms with Crippen LogP contribution in [0.25, 0.3) is 0 Å². The lowest BCUT2D eigenvalue weighted by atomic mass is 9.93. The molecule has 3 rings (SSSR count). The Balaban J connectivity index is 1.42. The van der Waals surface area contributed by atoms with Gasteiger partial charge < -0.3 is 10.2 Å². The molecular weight excluding hydrogens is 300 g/mol. The highest BCUT2D eigenvalue weighted by Crippen LogP contribution is 2.25. The van der Waals surface area contributed by atoms with Crippen LogP contribution in [-0.4, -0.2) is 55.1 Å². The molecule has 0 bridgehead atoms. The van der Waals surface area contributed by atoms with Crippen LogP contribution >= 0.6 is 0 Å². The minimum absolute atomic E-state index is 0.0735. The second-order valence-electron chi connectivity index (χ2n) is 7.21. The third-order valence-electron chi connectivity index (χ3n) is 5.57. The van der Waals surface area contributed by atoms with E-state index in [1.165, 1.54) is 24.9 Å². The summed E-state index contributed by atoms with van der Waals surface area (Å²) in [5, 5.41) is 3.05. The molecule has 132 valence electrons. The molecule has 0 aromatic carbocycles. The summed E-state index contributed by atoms with van der Waals surface area (Å²) in [6, 6.07) is 4.27. The maximum absolute atomic E-state index is 12.1. The maximum Gasteiger partial charge on any atom is 0.237 e. The van der Waals surface area contributed by atoms with Crippen LogP contribution in [-0.2, 0) is 4.79 Å². The fourth-order valence-corrected chi connectivity index (χ4v) is 3.92. The number of nitrogens with zero attached hydrogens (tertiary/aromatic N) is 3. The highest BCUT2D eigenvalue weighted by atomic mass is 16.2. The molecule has 2 fully saturated rings. The summed E-state index contributed by atoms with van der Waals surface area (Å²) in [4.78, 5) is 21.0. The molecular formula is C19H30N4O. The number of likely N-dealkylation sites (N-methyl/N-ethyl adjacent to an activating group) is 1. The molecule has 1 aromatic rings. The van der Waals surface area contributed by atoms with Gasteiger partial charge in [0.1, 0.15) is 0 Å². The van der Waals surface area contributed by atoms with Crippen LogP contribution in [0.2, 0.25) is 0 Å². The molecule has 1 N–H and O–H groups in total. The lowest BCUT2D eigenvalue weighted by molar-refractivity contribution is -0.125. The number of amides is 1. The lowest BCUT2D eigenvalue weighted by Gasteiger charge is -2.35. The lowest BCUT2D eigenvalue weighted by Crippen LogP contribution is -2.44. The Morgan fingerprint density at radius 1 is 1.21 bits per heavy atom. The minimum Gasteiger partial charge on any atom is -0.371 e. The van der Waals surface area contributed by atoms with Crippen molar-refractivity contribution in [2.24, 2.45) is 5.92 Å². The molecule has 5 heteroatoms. The van der Waals surface area contributed by atoms with E-state index in [0.29, 0.717) is 0 Å². The first-order valence-corrected chi connectivity index (χ1v) is 9.37. The summed E-state index contributed by atoms with van der Waals surface area (Å²) in [5.74, 6) is 1.00. The minimum atomic E-state index is 0.0735. The molecule has 1 amide bonds. The Labute approximate surface area is 145 Å². The summed E-state index contributed by atoms with van der Waals surface area (Å²) in [5.41, 5.74) is 1.29. The maximum atomic E-state index is 12.1.